The number of hydrogen-bond acceptors (Lipinski definition) is 4. The summed E-state index contributed by atoms with van der Waals surface area (Å²) in [5, 5.41) is 5.72. The molecule has 6 nitrogen and oxygen atoms in total. The summed E-state index contributed by atoms with van der Waals surface area (Å²) in [6.07, 6.45) is 2.19. The molecular formula is C20H20N2O4. The fourth-order valence-electron chi connectivity index (χ4n) is 3.19. The van der Waals surface area contributed by atoms with E-state index in [1.807, 2.05) is 30.3 Å². The van der Waals surface area contributed by atoms with Crippen LogP contribution in [0.5, 0.6) is 5.75 Å². The Morgan fingerprint density at radius 3 is 2.73 bits per heavy atom. The molecular weight excluding hydrogens is 332 g/mol. The lowest BCUT2D eigenvalue weighted by molar-refractivity contribution is -0.118. The smallest absolute Gasteiger partial charge is 0.262 e. The molecule has 1 unspecified atom stereocenters. The molecule has 134 valence electrons. The maximum atomic E-state index is 12.2. The maximum Gasteiger partial charge on any atom is 0.262 e. The first-order valence-corrected chi connectivity index (χ1v) is 8.76. The summed E-state index contributed by atoms with van der Waals surface area (Å²) in [5.41, 5.74) is 3.18. The predicted molar refractivity (Wildman–Crippen MR) is 97.3 cm³/mol. The van der Waals surface area contributed by atoms with Gasteiger partial charge in [-0.25, -0.2) is 0 Å². The summed E-state index contributed by atoms with van der Waals surface area (Å²) in [6.45, 7) is 1.37. The van der Waals surface area contributed by atoms with Crippen LogP contribution in [-0.2, 0) is 9.53 Å². The summed E-state index contributed by atoms with van der Waals surface area (Å²) in [7, 11) is 0. The van der Waals surface area contributed by atoms with Gasteiger partial charge in [-0.2, -0.15) is 0 Å². The van der Waals surface area contributed by atoms with Gasteiger partial charge in [0.2, 0.25) is 0 Å². The fraction of sp³-hybridized carbons (Fsp3) is 0.300. The van der Waals surface area contributed by atoms with Gasteiger partial charge in [0, 0.05) is 18.7 Å². The summed E-state index contributed by atoms with van der Waals surface area (Å²) in [6, 6.07) is 13.0. The molecule has 2 aliphatic heterocycles. The zero-order valence-corrected chi connectivity index (χ0v) is 14.3. The Morgan fingerprint density at radius 1 is 1.15 bits per heavy atom. The largest absolute Gasteiger partial charge is 0.482 e. The standard InChI is InChI=1S/C20H20N2O4/c23-19-12-26-18-8-7-15(10-17(18)22-19)13-3-5-14(6-4-13)20(24)21-11-16-2-1-9-25-16/h3-8,10,16H,1-2,9,11-12H2,(H,21,24)(H,22,23). The van der Waals surface area contributed by atoms with Gasteiger partial charge in [0.05, 0.1) is 11.8 Å². The number of anilines is 1. The molecule has 2 N–H and O–H groups in total. The van der Waals surface area contributed by atoms with Crippen molar-refractivity contribution in [2.75, 3.05) is 25.1 Å². The average Bonchev–Trinajstić information content (AvgIpc) is 3.19. The Hall–Kier alpha value is -2.86. The second-order valence-electron chi connectivity index (χ2n) is 6.47. The SMILES string of the molecule is O=C1COc2ccc(-c3ccc(C(=O)NCC4CCCO4)cc3)cc2N1. The van der Waals surface area contributed by atoms with Crippen molar-refractivity contribution >= 4 is 17.5 Å². The van der Waals surface area contributed by atoms with Crippen LogP contribution in [-0.4, -0.2) is 37.7 Å². The van der Waals surface area contributed by atoms with Crippen LogP contribution >= 0.6 is 0 Å². The zero-order chi connectivity index (χ0) is 17.9. The molecule has 0 bridgehead atoms. The Bertz CT molecular complexity index is 826. The van der Waals surface area contributed by atoms with E-state index in [0.717, 1.165) is 30.6 Å². The van der Waals surface area contributed by atoms with E-state index in [2.05, 4.69) is 10.6 Å². The zero-order valence-electron chi connectivity index (χ0n) is 14.3. The minimum absolute atomic E-state index is 0.0437. The van der Waals surface area contributed by atoms with E-state index >= 15 is 0 Å². The summed E-state index contributed by atoms with van der Waals surface area (Å²) >= 11 is 0. The van der Waals surface area contributed by atoms with Crippen molar-refractivity contribution in [1.82, 2.24) is 5.32 Å². The molecule has 0 saturated carbocycles. The van der Waals surface area contributed by atoms with Gasteiger partial charge in [0.1, 0.15) is 5.75 Å². The number of amides is 2. The highest BCUT2D eigenvalue weighted by Crippen LogP contribution is 2.32. The fourth-order valence-corrected chi connectivity index (χ4v) is 3.19. The normalized spacial score (nSPS) is 18.6. The summed E-state index contributed by atoms with van der Waals surface area (Å²) in [5.74, 6) is 0.407. The van der Waals surface area contributed by atoms with Gasteiger partial charge in [-0.3, -0.25) is 9.59 Å². The molecule has 2 aromatic carbocycles. The number of hydrogen-bond donors (Lipinski definition) is 2. The Kier molecular flexibility index (Phi) is 4.58. The molecule has 6 heteroatoms. The van der Waals surface area contributed by atoms with Crippen molar-refractivity contribution in [1.29, 1.82) is 0 Å². The van der Waals surface area contributed by atoms with Crippen molar-refractivity contribution in [2.45, 2.75) is 18.9 Å². The third-order valence-corrected chi connectivity index (χ3v) is 4.61. The van der Waals surface area contributed by atoms with E-state index in [9.17, 15) is 9.59 Å². The van der Waals surface area contributed by atoms with Crippen LogP contribution in [0.3, 0.4) is 0 Å². The number of carbonyl (C=O) groups is 2. The number of fused-ring (bicyclic) bond motifs is 1. The third-order valence-electron chi connectivity index (χ3n) is 4.61. The minimum Gasteiger partial charge on any atom is -0.482 e. The minimum atomic E-state index is -0.159. The van der Waals surface area contributed by atoms with Crippen LogP contribution in [0.4, 0.5) is 5.69 Å². The molecule has 0 aliphatic carbocycles. The summed E-state index contributed by atoms with van der Waals surface area (Å²) in [4.78, 5) is 23.7. The first-order chi connectivity index (χ1) is 12.7. The van der Waals surface area contributed by atoms with Gasteiger partial charge in [-0.05, 0) is 48.2 Å². The van der Waals surface area contributed by atoms with E-state index < -0.39 is 0 Å². The first kappa shape index (κ1) is 16.6. The number of benzene rings is 2. The molecule has 4 rings (SSSR count). The van der Waals surface area contributed by atoms with Crippen LogP contribution in [0.1, 0.15) is 23.2 Å². The van der Waals surface area contributed by atoms with Gasteiger partial charge in [-0.1, -0.05) is 18.2 Å². The van der Waals surface area contributed by atoms with Crippen LogP contribution in [0.25, 0.3) is 11.1 Å². The van der Waals surface area contributed by atoms with Crippen molar-refractivity contribution in [3.8, 4) is 16.9 Å². The van der Waals surface area contributed by atoms with Crippen LogP contribution in [0.15, 0.2) is 42.5 Å². The van der Waals surface area contributed by atoms with Crippen molar-refractivity contribution < 1.29 is 19.1 Å². The Balaban J connectivity index is 1.44. The van der Waals surface area contributed by atoms with Gasteiger partial charge < -0.3 is 20.1 Å². The molecule has 2 aliphatic rings. The van der Waals surface area contributed by atoms with Gasteiger partial charge in [0.25, 0.3) is 11.8 Å². The molecule has 1 fully saturated rings. The van der Waals surface area contributed by atoms with E-state index in [1.54, 1.807) is 12.1 Å². The first-order valence-electron chi connectivity index (χ1n) is 8.76. The number of rotatable bonds is 4. The van der Waals surface area contributed by atoms with Crippen molar-refractivity contribution in [3.63, 3.8) is 0 Å². The monoisotopic (exact) mass is 352 g/mol. The lowest BCUT2D eigenvalue weighted by Crippen LogP contribution is -2.31. The number of ether oxygens (including phenoxy) is 2. The molecule has 2 heterocycles. The lowest BCUT2D eigenvalue weighted by atomic mass is 10.0. The van der Waals surface area contributed by atoms with Crippen LogP contribution in [0, 0.1) is 0 Å². The van der Waals surface area contributed by atoms with Crippen LogP contribution < -0.4 is 15.4 Å². The average molecular weight is 352 g/mol. The maximum absolute atomic E-state index is 12.2. The molecule has 1 atom stereocenters. The number of nitrogens with one attached hydrogen (secondary N) is 2. The molecule has 2 aromatic rings. The number of carbonyl (C=O) groups excluding carboxylic acids is 2. The summed E-state index contributed by atoms with van der Waals surface area (Å²) < 4.78 is 10.9. The van der Waals surface area contributed by atoms with Crippen molar-refractivity contribution in [2.24, 2.45) is 0 Å². The Morgan fingerprint density at radius 2 is 1.96 bits per heavy atom. The molecule has 0 spiro atoms. The molecule has 0 aromatic heterocycles. The lowest BCUT2D eigenvalue weighted by Gasteiger charge is -2.18. The Labute approximate surface area is 151 Å². The highest BCUT2D eigenvalue weighted by Gasteiger charge is 2.18. The van der Waals surface area contributed by atoms with E-state index in [-0.39, 0.29) is 24.5 Å². The van der Waals surface area contributed by atoms with Gasteiger partial charge >= 0.3 is 0 Å². The van der Waals surface area contributed by atoms with Crippen molar-refractivity contribution in [3.05, 3.63) is 48.0 Å². The molecule has 2 amide bonds. The predicted octanol–water partition coefficient (Wildman–Crippen LogP) is 2.59. The molecule has 1 saturated heterocycles. The van der Waals surface area contributed by atoms with Crippen LogP contribution in [0.2, 0.25) is 0 Å². The second-order valence-corrected chi connectivity index (χ2v) is 6.47. The highest BCUT2D eigenvalue weighted by atomic mass is 16.5. The van der Waals surface area contributed by atoms with E-state index in [4.69, 9.17) is 9.47 Å². The topological polar surface area (TPSA) is 76.7 Å². The van der Waals surface area contributed by atoms with E-state index in [0.29, 0.717) is 23.5 Å². The highest BCUT2D eigenvalue weighted by molar-refractivity contribution is 5.97. The van der Waals surface area contributed by atoms with Gasteiger partial charge in [0.15, 0.2) is 6.61 Å². The quantitative estimate of drug-likeness (QED) is 0.887. The van der Waals surface area contributed by atoms with Gasteiger partial charge in [-0.15, -0.1) is 0 Å². The second kappa shape index (κ2) is 7.17. The third kappa shape index (κ3) is 3.55. The molecule has 26 heavy (non-hydrogen) atoms. The van der Waals surface area contributed by atoms with E-state index in [1.165, 1.54) is 0 Å². The molecule has 0 radical (unpaired) electrons.